The van der Waals surface area contributed by atoms with E-state index in [0.717, 1.165) is 19.6 Å². The minimum absolute atomic E-state index is 0.305. The minimum atomic E-state index is 0.305. The molecule has 0 radical (unpaired) electrons. The molecule has 1 heterocycles. The molecule has 0 aromatic carbocycles. The topological polar surface area (TPSA) is 32.3 Å². The second-order valence-electron chi connectivity index (χ2n) is 5.66. The highest BCUT2D eigenvalue weighted by atomic mass is 16.2. The average Bonchev–Trinajstić information content (AvgIpc) is 2.34. The second-order valence-corrected chi connectivity index (χ2v) is 5.66. The van der Waals surface area contributed by atoms with Gasteiger partial charge in [-0.25, -0.2) is 0 Å². The molecule has 17 heavy (non-hydrogen) atoms. The molecule has 0 aromatic heterocycles. The lowest BCUT2D eigenvalue weighted by molar-refractivity contribution is -0.133. The standard InChI is InChI=1S/C14H28N2O/c1-5-12-7-13(15-8-11(3)4)10-16(9-12)14(17)6-2/h11-13,15H,5-10H2,1-4H3. The number of nitrogens with one attached hydrogen (secondary N) is 1. The van der Waals surface area contributed by atoms with Crippen molar-refractivity contribution in [3.05, 3.63) is 0 Å². The lowest BCUT2D eigenvalue weighted by atomic mass is 9.91. The van der Waals surface area contributed by atoms with Crippen molar-refractivity contribution in [3.63, 3.8) is 0 Å². The zero-order valence-corrected chi connectivity index (χ0v) is 11.8. The maximum Gasteiger partial charge on any atom is 0.222 e. The fraction of sp³-hybridized carbons (Fsp3) is 0.929. The SMILES string of the molecule is CCC(=O)N1CC(CC)CC(NCC(C)C)C1. The Labute approximate surface area is 106 Å². The number of amides is 1. The Balaban J connectivity index is 2.51. The van der Waals surface area contributed by atoms with Crippen LogP contribution in [0.3, 0.4) is 0 Å². The smallest absolute Gasteiger partial charge is 0.222 e. The normalized spacial score (nSPS) is 25.4. The van der Waals surface area contributed by atoms with Gasteiger partial charge in [0, 0.05) is 25.6 Å². The Morgan fingerprint density at radius 1 is 1.35 bits per heavy atom. The number of piperidine rings is 1. The van der Waals surface area contributed by atoms with Crippen molar-refractivity contribution in [3.8, 4) is 0 Å². The Morgan fingerprint density at radius 3 is 2.59 bits per heavy atom. The van der Waals surface area contributed by atoms with Crippen molar-refractivity contribution in [1.29, 1.82) is 0 Å². The number of nitrogens with zero attached hydrogens (tertiary/aromatic N) is 1. The van der Waals surface area contributed by atoms with E-state index in [1.165, 1.54) is 12.8 Å². The molecule has 1 aliphatic heterocycles. The zero-order chi connectivity index (χ0) is 12.8. The Morgan fingerprint density at radius 2 is 2.06 bits per heavy atom. The first-order valence-electron chi connectivity index (χ1n) is 7.07. The molecule has 1 N–H and O–H groups in total. The van der Waals surface area contributed by atoms with Crippen LogP contribution in [0.1, 0.15) is 47.0 Å². The van der Waals surface area contributed by atoms with Gasteiger partial charge in [-0.1, -0.05) is 34.1 Å². The summed E-state index contributed by atoms with van der Waals surface area (Å²) in [6.45, 7) is 11.5. The van der Waals surface area contributed by atoms with Crippen molar-refractivity contribution in [1.82, 2.24) is 10.2 Å². The third-order valence-corrected chi connectivity index (χ3v) is 3.58. The molecule has 0 bridgehead atoms. The summed E-state index contributed by atoms with van der Waals surface area (Å²) in [6.07, 6.45) is 3.03. The van der Waals surface area contributed by atoms with E-state index in [4.69, 9.17) is 0 Å². The zero-order valence-electron chi connectivity index (χ0n) is 11.8. The van der Waals surface area contributed by atoms with Crippen LogP contribution in [0.25, 0.3) is 0 Å². The van der Waals surface area contributed by atoms with Crippen LogP contribution < -0.4 is 5.32 Å². The van der Waals surface area contributed by atoms with Crippen molar-refractivity contribution < 1.29 is 4.79 Å². The van der Waals surface area contributed by atoms with Gasteiger partial charge in [-0.05, 0) is 24.8 Å². The molecule has 0 saturated carbocycles. The van der Waals surface area contributed by atoms with Gasteiger partial charge in [0.05, 0.1) is 0 Å². The Kier molecular flexibility index (Phi) is 5.96. The Hall–Kier alpha value is -0.570. The van der Waals surface area contributed by atoms with Gasteiger partial charge in [0.15, 0.2) is 0 Å². The van der Waals surface area contributed by atoms with Gasteiger partial charge < -0.3 is 10.2 Å². The first kappa shape index (κ1) is 14.5. The summed E-state index contributed by atoms with van der Waals surface area (Å²) in [6, 6.07) is 0.492. The van der Waals surface area contributed by atoms with E-state index in [1.807, 2.05) is 6.92 Å². The molecule has 100 valence electrons. The number of hydrogen-bond acceptors (Lipinski definition) is 2. The quantitative estimate of drug-likeness (QED) is 0.799. The van der Waals surface area contributed by atoms with Crippen LogP contribution in [0.2, 0.25) is 0 Å². The van der Waals surface area contributed by atoms with Crippen LogP contribution in [-0.4, -0.2) is 36.5 Å². The molecule has 2 atom stereocenters. The molecule has 1 amide bonds. The molecular formula is C14H28N2O. The number of carbonyl (C=O) groups is 1. The van der Waals surface area contributed by atoms with Gasteiger partial charge in [-0.3, -0.25) is 4.79 Å². The number of carbonyl (C=O) groups excluding carboxylic acids is 1. The monoisotopic (exact) mass is 240 g/mol. The van der Waals surface area contributed by atoms with Crippen molar-refractivity contribution >= 4 is 5.91 Å². The number of likely N-dealkylation sites (tertiary alicyclic amines) is 1. The van der Waals surface area contributed by atoms with Crippen LogP contribution in [0.4, 0.5) is 0 Å². The largest absolute Gasteiger partial charge is 0.341 e. The van der Waals surface area contributed by atoms with Crippen LogP contribution in [-0.2, 0) is 4.79 Å². The fourth-order valence-corrected chi connectivity index (χ4v) is 2.48. The van der Waals surface area contributed by atoms with E-state index in [-0.39, 0.29) is 0 Å². The van der Waals surface area contributed by atoms with Crippen LogP contribution in [0.15, 0.2) is 0 Å². The van der Waals surface area contributed by atoms with Gasteiger partial charge in [-0.15, -0.1) is 0 Å². The van der Waals surface area contributed by atoms with Crippen molar-refractivity contribution in [2.24, 2.45) is 11.8 Å². The van der Waals surface area contributed by atoms with E-state index < -0.39 is 0 Å². The second kappa shape index (κ2) is 7.00. The molecule has 0 aromatic rings. The predicted octanol–water partition coefficient (Wildman–Crippen LogP) is 2.27. The molecule has 0 spiro atoms. The van der Waals surface area contributed by atoms with Crippen LogP contribution >= 0.6 is 0 Å². The summed E-state index contributed by atoms with van der Waals surface area (Å²) in [5, 5.41) is 3.60. The van der Waals surface area contributed by atoms with E-state index in [2.05, 4.69) is 31.0 Å². The minimum Gasteiger partial charge on any atom is -0.341 e. The van der Waals surface area contributed by atoms with E-state index in [1.54, 1.807) is 0 Å². The highest BCUT2D eigenvalue weighted by Gasteiger charge is 2.28. The van der Waals surface area contributed by atoms with Crippen LogP contribution in [0, 0.1) is 11.8 Å². The van der Waals surface area contributed by atoms with Gasteiger partial charge in [0.25, 0.3) is 0 Å². The van der Waals surface area contributed by atoms with Gasteiger partial charge in [-0.2, -0.15) is 0 Å². The summed E-state index contributed by atoms with van der Waals surface area (Å²) in [5.74, 6) is 1.65. The molecule has 1 aliphatic rings. The molecule has 2 unspecified atom stereocenters. The van der Waals surface area contributed by atoms with E-state index in [0.29, 0.717) is 30.2 Å². The summed E-state index contributed by atoms with van der Waals surface area (Å²) >= 11 is 0. The molecule has 0 aliphatic carbocycles. The number of rotatable bonds is 5. The molecule has 1 rings (SSSR count). The van der Waals surface area contributed by atoms with Gasteiger partial charge >= 0.3 is 0 Å². The molecular weight excluding hydrogens is 212 g/mol. The van der Waals surface area contributed by atoms with Gasteiger partial charge in [0.1, 0.15) is 0 Å². The summed E-state index contributed by atoms with van der Waals surface area (Å²) in [4.78, 5) is 13.9. The third-order valence-electron chi connectivity index (χ3n) is 3.58. The molecule has 3 heteroatoms. The highest BCUT2D eigenvalue weighted by molar-refractivity contribution is 5.76. The fourth-order valence-electron chi connectivity index (χ4n) is 2.48. The van der Waals surface area contributed by atoms with Crippen molar-refractivity contribution in [2.75, 3.05) is 19.6 Å². The number of hydrogen-bond donors (Lipinski definition) is 1. The lowest BCUT2D eigenvalue weighted by Crippen LogP contribution is -2.51. The average molecular weight is 240 g/mol. The highest BCUT2D eigenvalue weighted by Crippen LogP contribution is 2.20. The van der Waals surface area contributed by atoms with E-state index in [9.17, 15) is 4.79 Å². The summed E-state index contributed by atoms with van der Waals surface area (Å²) in [5.41, 5.74) is 0. The third kappa shape index (κ3) is 4.66. The van der Waals surface area contributed by atoms with Crippen molar-refractivity contribution in [2.45, 2.75) is 53.0 Å². The van der Waals surface area contributed by atoms with E-state index >= 15 is 0 Å². The maximum absolute atomic E-state index is 11.8. The summed E-state index contributed by atoms with van der Waals surface area (Å²) in [7, 11) is 0. The first-order valence-corrected chi connectivity index (χ1v) is 7.07. The first-order chi connectivity index (χ1) is 8.06. The van der Waals surface area contributed by atoms with Crippen LogP contribution in [0.5, 0.6) is 0 Å². The Bertz CT molecular complexity index is 240. The summed E-state index contributed by atoms with van der Waals surface area (Å²) < 4.78 is 0. The molecule has 1 saturated heterocycles. The van der Waals surface area contributed by atoms with Gasteiger partial charge in [0.2, 0.25) is 5.91 Å². The maximum atomic E-state index is 11.8. The predicted molar refractivity (Wildman–Crippen MR) is 71.9 cm³/mol. The molecule has 1 fully saturated rings. The molecule has 3 nitrogen and oxygen atoms in total. The lowest BCUT2D eigenvalue weighted by Gasteiger charge is -2.38.